The zero-order valence-corrected chi connectivity index (χ0v) is 22.6. The average Bonchev–Trinajstić information content (AvgIpc) is 3.37. The van der Waals surface area contributed by atoms with Gasteiger partial charge in [0.15, 0.2) is 5.69 Å². The van der Waals surface area contributed by atoms with E-state index in [0.29, 0.717) is 41.5 Å². The van der Waals surface area contributed by atoms with Crippen molar-refractivity contribution in [1.82, 2.24) is 15.1 Å². The molecule has 0 aliphatic rings. The second-order valence-electron chi connectivity index (χ2n) is 9.81. The third kappa shape index (κ3) is 7.05. The zero-order valence-electron chi connectivity index (χ0n) is 22.6. The van der Waals surface area contributed by atoms with Crippen molar-refractivity contribution in [1.29, 1.82) is 0 Å². The number of hydrogen-bond donors (Lipinski definition) is 2. The average molecular weight is 546 g/mol. The van der Waals surface area contributed by atoms with Crippen LogP contribution in [0.2, 0.25) is 0 Å². The van der Waals surface area contributed by atoms with Crippen LogP contribution in [0.25, 0.3) is 16.9 Å². The largest absolute Gasteiger partial charge is 0.496 e. The Morgan fingerprint density at radius 1 is 1.00 bits per heavy atom. The van der Waals surface area contributed by atoms with Crippen molar-refractivity contribution in [2.24, 2.45) is 5.92 Å². The Balaban J connectivity index is 1.78. The van der Waals surface area contributed by atoms with Gasteiger partial charge in [-0.3, -0.25) is 9.59 Å². The first-order valence-corrected chi connectivity index (χ1v) is 13.0. The van der Waals surface area contributed by atoms with Gasteiger partial charge >= 0.3 is 5.97 Å². The van der Waals surface area contributed by atoms with Gasteiger partial charge in [0.2, 0.25) is 0 Å². The molecule has 0 saturated carbocycles. The van der Waals surface area contributed by atoms with Crippen molar-refractivity contribution in [3.05, 3.63) is 95.9 Å². The maximum atomic E-state index is 13.8. The van der Waals surface area contributed by atoms with Gasteiger partial charge < -0.3 is 19.9 Å². The number of ether oxygens (including phenoxy) is 2. The molecular formula is C31H32FN3O5. The van der Waals surface area contributed by atoms with E-state index in [1.54, 1.807) is 36.4 Å². The lowest BCUT2D eigenvalue weighted by Gasteiger charge is -2.18. The Bertz CT molecular complexity index is 1450. The van der Waals surface area contributed by atoms with E-state index in [9.17, 15) is 19.1 Å². The van der Waals surface area contributed by atoms with Crippen LogP contribution in [0.15, 0.2) is 78.9 Å². The fraction of sp³-hybridized carbons (Fsp3) is 0.258. The van der Waals surface area contributed by atoms with E-state index in [-0.39, 0.29) is 18.0 Å². The Hall–Kier alpha value is -4.66. The van der Waals surface area contributed by atoms with Gasteiger partial charge in [-0.2, -0.15) is 5.10 Å². The first-order valence-electron chi connectivity index (χ1n) is 13.0. The number of hydrogen-bond acceptors (Lipinski definition) is 5. The highest BCUT2D eigenvalue weighted by atomic mass is 19.1. The number of methoxy groups -OCH3 is 1. The number of carboxylic acid groups (broad SMARTS) is 1. The van der Waals surface area contributed by atoms with E-state index in [4.69, 9.17) is 9.47 Å². The molecule has 1 unspecified atom stereocenters. The molecule has 0 aliphatic heterocycles. The first kappa shape index (κ1) is 28.4. The molecule has 8 nitrogen and oxygen atoms in total. The number of carbonyl (C=O) groups excluding carboxylic acids is 1. The van der Waals surface area contributed by atoms with E-state index in [0.717, 1.165) is 5.56 Å². The Morgan fingerprint density at radius 2 is 1.70 bits per heavy atom. The molecule has 0 bridgehead atoms. The van der Waals surface area contributed by atoms with E-state index < -0.39 is 23.7 Å². The van der Waals surface area contributed by atoms with E-state index in [2.05, 4.69) is 10.4 Å². The Morgan fingerprint density at radius 3 is 2.35 bits per heavy atom. The lowest BCUT2D eigenvalue weighted by molar-refractivity contribution is -0.137. The summed E-state index contributed by atoms with van der Waals surface area (Å²) < 4.78 is 27.2. The van der Waals surface area contributed by atoms with Gasteiger partial charge in [0.05, 0.1) is 30.5 Å². The molecule has 9 heteroatoms. The summed E-state index contributed by atoms with van der Waals surface area (Å²) in [5.41, 5.74) is 2.59. The fourth-order valence-corrected chi connectivity index (χ4v) is 4.47. The molecule has 0 aliphatic carbocycles. The molecule has 4 rings (SSSR count). The number of benzene rings is 3. The van der Waals surface area contributed by atoms with Gasteiger partial charge in [0.1, 0.15) is 23.9 Å². The summed E-state index contributed by atoms with van der Waals surface area (Å²) in [4.78, 5) is 24.8. The summed E-state index contributed by atoms with van der Waals surface area (Å²) in [7, 11) is 1.54. The highest BCUT2D eigenvalue weighted by molar-refractivity contribution is 5.94. The molecule has 208 valence electrons. The minimum atomic E-state index is -1.00. The van der Waals surface area contributed by atoms with Crippen LogP contribution in [0.4, 0.5) is 4.39 Å². The lowest BCUT2D eigenvalue weighted by Crippen LogP contribution is -2.37. The summed E-state index contributed by atoms with van der Waals surface area (Å²) >= 11 is 0. The standard InChI is InChI=1S/C31H32FN3O5/c1-20(2)16-23(17-29(36)37)33-31(38)25-18-26(35(34-25)24-14-12-22(32)13-15-24)30-27(39-3)10-7-11-28(30)40-19-21-8-5-4-6-9-21/h4-15,18,20,23H,16-17,19H2,1-3H3,(H,33,38)(H,36,37). The van der Waals surface area contributed by atoms with Crippen LogP contribution in [0.3, 0.4) is 0 Å². The van der Waals surface area contributed by atoms with Crippen molar-refractivity contribution in [3.63, 3.8) is 0 Å². The molecule has 0 saturated heterocycles. The third-order valence-electron chi connectivity index (χ3n) is 6.23. The smallest absolute Gasteiger partial charge is 0.305 e. The van der Waals surface area contributed by atoms with Crippen molar-refractivity contribution in [2.75, 3.05) is 7.11 Å². The molecule has 1 aromatic heterocycles. The maximum Gasteiger partial charge on any atom is 0.305 e. The van der Waals surface area contributed by atoms with Gasteiger partial charge in [0, 0.05) is 6.04 Å². The molecule has 0 spiro atoms. The molecule has 3 aromatic carbocycles. The molecule has 0 fully saturated rings. The van der Waals surface area contributed by atoms with Crippen molar-refractivity contribution >= 4 is 11.9 Å². The predicted octanol–water partition coefficient (Wildman–Crippen LogP) is 5.89. The van der Waals surface area contributed by atoms with Crippen molar-refractivity contribution in [3.8, 4) is 28.4 Å². The van der Waals surface area contributed by atoms with E-state index in [1.807, 2.05) is 44.2 Å². The van der Waals surface area contributed by atoms with Gasteiger partial charge in [0.25, 0.3) is 5.91 Å². The number of carbonyl (C=O) groups is 2. The number of rotatable bonds is 12. The number of nitrogens with zero attached hydrogens (tertiary/aromatic N) is 2. The fourth-order valence-electron chi connectivity index (χ4n) is 4.47. The quantitative estimate of drug-likeness (QED) is 0.230. The van der Waals surface area contributed by atoms with Gasteiger partial charge in [-0.15, -0.1) is 0 Å². The van der Waals surface area contributed by atoms with Gasteiger partial charge in [-0.05, 0) is 60.4 Å². The summed E-state index contributed by atoms with van der Waals surface area (Å²) in [5, 5.41) is 16.7. The molecule has 40 heavy (non-hydrogen) atoms. The van der Waals surface area contributed by atoms with Gasteiger partial charge in [-0.25, -0.2) is 9.07 Å². The second-order valence-corrected chi connectivity index (χ2v) is 9.81. The topological polar surface area (TPSA) is 103 Å². The first-order chi connectivity index (χ1) is 19.2. The van der Waals surface area contributed by atoms with E-state index in [1.165, 1.54) is 23.9 Å². The summed E-state index contributed by atoms with van der Waals surface area (Å²) in [6.07, 6.45) is 0.285. The minimum Gasteiger partial charge on any atom is -0.496 e. The number of carboxylic acids is 1. The molecule has 1 atom stereocenters. The number of aromatic nitrogens is 2. The maximum absolute atomic E-state index is 13.8. The lowest BCUT2D eigenvalue weighted by atomic mass is 10.0. The van der Waals surface area contributed by atoms with Crippen LogP contribution in [0, 0.1) is 11.7 Å². The minimum absolute atomic E-state index is 0.0679. The molecule has 1 amide bonds. The van der Waals surface area contributed by atoms with E-state index >= 15 is 0 Å². The molecular weight excluding hydrogens is 513 g/mol. The normalized spacial score (nSPS) is 11.7. The highest BCUT2D eigenvalue weighted by Crippen LogP contribution is 2.40. The molecule has 0 radical (unpaired) electrons. The summed E-state index contributed by atoms with van der Waals surface area (Å²) in [6.45, 7) is 4.22. The number of halogens is 1. The SMILES string of the molecule is COc1cccc(OCc2ccccc2)c1-c1cc(C(=O)NC(CC(=O)O)CC(C)C)nn1-c1ccc(F)cc1. The van der Waals surface area contributed by atoms with Crippen LogP contribution in [0.5, 0.6) is 11.5 Å². The third-order valence-corrected chi connectivity index (χ3v) is 6.23. The van der Waals surface area contributed by atoms with Crippen molar-refractivity contribution < 1.29 is 28.6 Å². The van der Waals surface area contributed by atoms with Crippen LogP contribution in [-0.4, -0.2) is 39.9 Å². The summed E-state index contributed by atoms with van der Waals surface area (Å²) in [5.74, 6) is -0.764. The monoisotopic (exact) mass is 545 g/mol. The molecule has 4 aromatic rings. The van der Waals surface area contributed by atoms with Crippen LogP contribution < -0.4 is 14.8 Å². The van der Waals surface area contributed by atoms with Crippen molar-refractivity contribution in [2.45, 2.75) is 39.3 Å². The number of amides is 1. The molecule has 1 heterocycles. The van der Waals surface area contributed by atoms with Gasteiger partial charge in [-0.1, -0.05) is 50.2 Å². The highest BCUT2D eigenvalue weighted by Gasteiger charge is 2.25. The number of aliphatic carboxylic acids is 1. The van der Waals surface area contributed by atoms with Crippen LogP contribution in [0.1, 0.15) is 42.7 Å². The predicted molar refractivity (Wildman–Crippen MR) is 149 cm³/mol. The second kappa shape index (κ2) is 12.9. The number of nitrogens with one attached hydrogen (secondary N) is 1. The van der Waals surface area contributed by atoms with Crippen LogP contribution >= 0.6 is 0 Å². The zero-order chi connectivity index (χ0) is 28.6. The Kier molecular flexibility index (Phi) is 9.16. The molecule has 2 N–H and O–H groups in total. The Labute approximate surface area is 232 Å². The summed E-state index contributed by atoms with van der Waals surface area (Å²) in [6, 6.07) is 21.8. The van der Waals surface area contributed by atoms with Crippen LogP contribution in [-0.2, 0) is 11.4 Å².